The predicted octanol–water partition coefficient (Wildman–Crippen LogP) is 2.19. The molecule has 1 aromatic carbocycles. The molecule has 2 amide bonds. The maximum absolute atomic E-state index is 11.6. The number of amides is 2. The summed E-state index contributed by atoms with van der Waals surface area (Å²) in [5.41, 5.74) is 7.01. The second-order valence-electron chi connectivity index (χ2n) is 4.49. The molecule has 0 heterocycles. The van der Waals surface area contributed by atoms with Gasteiger partial charge in [-0.2, -0.15) is 0 Å². The summed E-state index contributed by atoms with van der Waals surface area (Å²) in [7, 11) is 0. The standard InChI is InChI=1S/C12H17N3O/c1-8-6-11(7-8)15-12(16)14-10-4-2-9(13)3-5-10/h2-5,8,11H,6-7,13H2,1H3,(H2,14,15,16). The predicted molar refractivity (Wildman–Crippen MR) is 65.2 cm³/mol. The van der Waals surface area contributed by atoms with E-state index in [4.69, 9.17) is 5.73 Å². The van der Waals surface area contributed by atoms with E-state index in [1.807, 2.05) is 0 Å². The number of rotatable bonds is 2. The Hall–Kier alpha value is -1.71. The molecular weight excluding hydrogens is 202 g/mol. The molecule has 0 atom stereocenters. The first-order chi connectivity index (χ1) is 7.63. The molecule has 86 valence electrons. The van der Waals surface area contributed by atoms with Crippen molar-refractivity contribution in [3.8, 4) is 0 Å². The summed E-state index contributed by atoms with van der Waals surface area (Å²) in [4.78, 5) is 11.6. The Kier molecular flexibility index (Phi) is 2.99. The number of nitrogens with one attached hydrogen (secondary N) is 2. The topological polar surface area (TPSA) is 67.2 Å². The van der Waals surface area contributed by atoms with Crippen molar-refractivity contribution in [3.63, 3.8) is 0 Å². The molecule has 1 saturated carbocycles. The van der Waals surface area contributed by atoms with Crippen molar-refractivity contribution in [2.45, 2.75) is 25.8 Å². The molecule has 0 radical (unpaired) electrons. The van der Waals surface area contributed by atoms with Crippen molar-refractivity contribution in [3.05, 3.63) is 24.3 Å². The molecule has 0 unspecified atom stereocenters. The lowest BCUT2D eigenvalue weighted by atomic mass is 9.82. The fourth-order valence-electron chi connectivity index (χ4n) is 1.94. The van der Waals surface area contributed by atoms with E-state index in [2.05, 4.69) is 17.6 Å². The van der Waals surface area contributed by atoms with Crippen molar-refractivity contribution in [2.24, 2.45) is 5.92 Å². The molecule has 0 saturated heterocycles. The highest BCUT2D eigenvalue weighted by molar-refractivity contribution is 5.89. The zero-order valence-corrected chi connectivity index (χ0v) is 9.36. The largest absolute Gasteiger partial charge is 0.399 e. The molecule has 0 bridgehead atoms. The van der Waals surface area contributed by atoms with Crippen LogP contribution in [0.15, 0.2) is 24.3 Å². The summed E-state index contributed by atoms with van der Waals surface area (Å²) in [6.07, 6.45) is 2.16. The van der Waals surface area contributed by atoms with Gasteiger partial charge in [-0.3, -0.25) is 0 Å². The van der Waals surface area contributed by atoms with Crippen molar-refractivity contribution in [1.29, 1.82) is 0 Å². The smallest absolute Gasteiger partial charge is 0.319 e. The molecule has 1 aromatic rings. The summed E-state index contributed by atoms with van der Waals surface area (Å²) in [6.45, 7) is 2.19. The Morgan fingerprint density at radius 3 is 2.50 bits per heavy atom. The summed E-state index contributed by atoms with van der Waals surface area (Å²) in [6, 6.07) is 7.31. The normalized spacial score (nSPS) is 23.3. The molecular formula is C12H17N3O. The molecule has 4 heteroatoms. The van der Waals surface area contributed by atoms with E-state index in [0.29, 0.717) is 11.7 Å². The Morgan fingerprint density at radius 1 is 1.31 bits per heavy atom. The molecule has 16 heavy (non-hydrogen) atoms. The number of anilines is 2. The first kappa shape index (κ1) is 10.8. The molecule has 4 N–H and O–H groups in total. The molecule has 0 spiro atoms. The fourth-order valence-corrected chi connectivity index (χ4v) is 1.94. The Morgan fingerprint density at radius 2 is 1.94 bits per heavy atom. The third kappa shape index (κ3) is 2.66. The van der Waals surface area contributed by atoms with E-state index in [9.17, 15) is 4.79 Å². The average molecular weight is 219 g/mol. The lowest BCUT2D eigenvalue weighted by Gasteiger charge is -2.33. The van der Waals surface area contributed by atoms with Gasteiger partial charge in [0.1, 0.15) is 0 Å². The Labute approximate surface area is 95.2 Å². The summed E-state index contributed by atoms with van der Waals surface area (Å²) in [5.74, 6) is 0.738. The first-order valence-corrected chi connectivity index (χ1v) is 5.56. The number of carbonyl (C=O) groups is 1. The second-order valence-corrected chi connectivity index (χ2v) is 4.49. The first-order valence-electron chi connectivity index (χ1n) is 5.56. The van der Waals surface area contributed by atoms with E-state index in [1.54, 1.807) is 24.3 Å². The van der Waals surface area contributed by atoms with E-state index < -0.39 is 0 Å². The number of hydrogen-bond acceptors (Lipinski definition) is 2. The minimum Gasteiger partial charge on any atom is -0.399 e. The van der Waals surface area contributed by atoms with Crippen molar-refractivity contribution in [1.82, 2.24) is 5.32 Å². The van der Waals surface area contributed by atoms with Gasteiger partial charge in [0.2, 0.25) is 0 Å². The SMILES string of the molecule is CC1CC(NC(=O)Nc2ccc(N)cc2)C1. The zero-order valence-electron chi connectivity index (χ0n) is 9.36. The van der Waals surface area contributed by atoms with E-state index in [0.717, 1.165) is 24.4 Å². The van der Waals surface area contributed by atoms with Gasteiger partial charge in [0.15, 0.2) is 0 Å². The van der Waals surface area contributed by atoms with Crippen LogP contribution < -0.4 is 16.4 Å². The van der Waals surface area contributed by atoms with Crippen LogP contribution in [0, 0.1) is 5.92 Å². The number of benzene rings is 1. The van der Waals surface area contributed by atoms with E-state index in [-0.39, 0.29) is 6.03 Å². The Bertz CT molecular complexity index is 368. The molecule has 4 nitrogen and oxygen atoms in total. The lowest BCUT2D eigenvalue weighted by molar-refractivity contribution is 0.219. The van der Waals surface area contributed by atoms with E-state index >= 15 is 0 Å². The maximum atomic E-state index is 11.6. The highest BCUT2D eigenvalue weighted by Crippen LogP contribution is 2.26. The van der Waals surface area contributed by atoms with Crippen LogP contribution in [0.2, 0.25) is 0 Å². The quantitative estimate of drug-likeness (QED) is 0.667. The van der Waals surface area contributed by atoms with Crippen LogP contribution in [-0.4, -0.2) is 12.1 Å². The Balaban J connectivity index is 1.80. The van der Waals surface area contributed by atoms with Crippen LogP contribution in [0.3, 0.4) is 0 Å². The summed E-state index contributed by atoms with van der Waals surface area (Å²) in [5, 5.41) is 5.71. The third-order valence-corrected chi connectivity index (χ3v) is 2.88. The van der Waals surface area contributed by atoms with Gasteiger partial charge in [0, 0.05) is 17.4 Å². The van der Waals surface area contributed by atoms with Crippen LogP contribution in [-0.2, 0) is 0 Å². The molecule has 2 rings (SSSR count). The molecule has 1 fully saturated rings. The van der Waals surface area contributed by atoms with Crippen molar-refractivity contribution in [2.75, 3.05) is 11.1 Å². The van der Waals surface area contributed by atoms with Gasteiger partial charge >= 0.3 is 6.03 Å². The van der Waals surface area contributed by atoms with Crippen molar-refractivity contribution < 1.29 is 4.79 Å². The van der Waals surface area contributed by atoms with Crippen LogP contribution >= 0.6 is 0 Å². The number of urea groups is 1. The molecule has 0 aliphatic heterocycles. The number of nitrogens with two attached hydrogens (primary N) is 1. The van der Waals surface area contributed by atoms with Crippen LogP contribution in [0.4, 0.5) is 16.2 Å². The highest BCUT2D eigenvalue weighted by atomic mass is 16.2. The lowest BCUT2D eigenvalue weighted by Crippen LogP contribution is -2.45. The summed E-state index contributed by atoms with van der Waals surface area (Å²) >= 11 is 0. The minimum absolute atomic E-state index is 0.137. The number of carbonyl (C=O) groups excluding carboxylic acids is 1. The zero-order chi connectivity index (χ0) is 11.5. The van der Waals surface area contributed by atoms with Gasteiger partial charge in [0.05, 0.1) is 0 Å². The number of hydrogen-bond donors (Lipinski definition) is 3. The van der Waals surface area contributed by atoms with Crippen molar-refractivity contribution >= 4 is 17.4 Å². The van der Waals surface area contributed by atoms with Crippen LogP contribution in [0.1, 0.15) is 19.8 Å². The van der Waals surface area contributed by atoms with Gasteiger partial charge in [-0.1, -0.05) is 6.92 Å². The molecule has 1 aliphatic carbocycles. The third-order valence-electron chi connectivity index (χ3n) is 2.88. The van der Waals surface area contributed by atoms with Gasteiger partial charge < -0.3 is 16.4 Å². The number of nitrogen functional groups attached to an aromatic ring is 1. The van der Waals surface area contributed by atoms with Crippen LogP contribution in [0.25, 0.3) is 0 Å². The van der Waals surface area contributed by atoms with Gasteiger partial charge in [0.25, 0.3) is 0 Å². The monoisotopic (exact) mass is 219 g/mol. The van der Waals surface area contributed by atoms with Gasteiger partial charge in [-0.15, -0.1) is 0 Å². The highest BCUT2D eigenvalue weighted by Gasteiger charge is 2.26. The van der Waals surface area contributed by atoms with Gasteiger partial charge in [-0.05, 0) is 43.0 Å². The average Bonchev–Trinajstić information content (AvgIpc) is 2.19. The van der Waals surface area contributed by atoms with Crippen LogP contribution in [0.5, 0.6) is 0 Å². The summed E-state index contributed by atoms with van der Waals surface area (Å²) < 4.78 is 0. The fraction of sp³-hybridized carbons (Fsp3) is 0.417. The minimum atomic E-state index is -0.137. The van der Waals surface area contributed by atoms with E-state index in [1.165, 1.54) is 0 Å². The molecule has 1 aliphatic rings. The second kappa shape index (κ2) is 4.43. The maximum Gasteiger partial charge on any atom is 0.319 e. The van der Waals surface area contributed by atoms with Gasteiger partial charge in [-0.25, -0.2) is 4.79 Å². The molecule has 0 aromatic heterocycles.